The number of hydrogen-bond donors (Lipinski definition) is 2. The Morgan fingerprint density at radius 1 is 1.12 bits per heavy atom. The summed E-state index contributed by atoms with van der Waals surface area (Å²) < 4.78 is 35.7. The van der Waals surface area contributed by atoms with Crippen molar-refractivity contribution < 1.29 is 17.6 Å². The van der Waals surface area contributed by atoms with Crippen molar-refractivity contribution in [2.45, 2.75) is 17.1 Å². The van der Waals surface area contributed by atoms with Crippen molar-refractivity contribution in [3.63, 3.8) is 0 Å². The van der Waals surface area contributed by atoms with E-state index in [9.17, 15) is 17.6 Å². The Balaban J connectivity index is 1.76. The lowest BCUT2D eigenvalue weighted by atomic mass is 10.2. The molecule has 0 aliphatic carbocycles. The van der Waals surface area contributed by atoms with Gasteiger partial charge in [-0.1, -0.05) is 18.2 Å². The van der Waals surface area contributed by atoms with Crippen molar-refractivity contribution in [3.8, 4) is 0 Å². The van der Waals surface area contributed by atoms with Gasteiger partial charge in [0.1, 0.15) is 5.82 Å². The molecule has 1 amide bonds. The Hall–Kier alpha value is -1.90. The first kappa shape index (κ1) is 18.4. The number of carbonyl (C=O) groups excluding carboxylic acids is 1. The summed E-state index contributed by atoms with van der Waals surface area (Å²) >= 11 is 1.47. The summed E-state index contributed by atoms with van der Waals surface area (Å²) in [6.07, 6.45) is 0.274. The highest BCUT2D eigenvalue weighted by Crippen LogP contribution is 2.17. The van der Waals surface area contributed by atoms with Crippen LogP contribution in [0.3, 0.4) is 0 Å². The van der Waals surface area contributed by atoms with Gasteiger partial charge in [-0.05, 0) is 35.9 Å². The molecule has 2 aromatic rings. The number of nitrogens with one attached hydrogen (secondary N) is 1. The van der Waals surface area contributed by atoms with Gasteiger partial charge in [0.15, 0.2) is 0 Å². The molecule has 2 aromatic carbocycles. The second-order valence-electron chi connectivity index (χ2n) is 5.01. The summed E-state index contributed by atoms with van der Waals surface area (Å²) in [7, 11) is -3.74. The molecule has 0 fully saturated rings. The summed E-state index contributed by atoms with van der Waals surface area (Å²) in [5.41, 5.74) is 1.10. The van der Waals surface area contributed by atoms with E-state index >= 15 is 0 Å². The number of benzene rings is 2. The minimum atomic E-state index is -3.74. The molecule has 0 aromatic heterocycles. The number of rotatable bonds is 7. The maximum atomic E-state index is 13.4. The first-order valence-electron chi connectivity index (χ1n) is 7.10. The molecule has 0 bridgehead atoms. The molecular formula is C16H17FN2O3S2. The summed E-state index contributed by atoms with van der Waals surface area (Å²) in [4.78, 5) is 11.8. The van der Waals surface area contributed by atoms with Gasteiger partial charge in [0.25, 0.3) is 0 Å². The third-order valence-corrected chi connectivity index (χ3v) is 5.09. The highest BCUT2D eigenvalue weighted by Gasteiger charge is 2.08. The second kappa shape index (κ2) is 8.27. The van der Waals surface area contributed by atoms with E-state index in [-0.39, 0.29) is 23.0 Å². The molecule has 24 heavy (non-hydrogen) atoms. The monoisotopic (exact) mass is 368 g/mol. The van der Waals surface area contributed by atoms with E-state index in [1.54, 1.807) is 18.2 Å². The molecule has 2 rings (SSSR count). The molecule has 8 heteroatoms. The molecule has 0 aliphatic heterocycles. The normalized spacial score (nSPS) is 11.2. The molecule has 128 valence electrons. The van der Waals surface area contributed by atoms with E-state index in [0.29, 0.717) is 22.8 Å². The molecular weight excluding hydrogens is 351 g/mol. The molecule has 0 atom stereocenters. The average Bonchev–Trinajstić information content (AvgIpc) is 2.53. The summed E-state index contributed by atoms with van der Waals surface area (Å²) in [6, 6.07) is 12.2. The molecule has 0 radical (unpaired) electrons. The summed E-state index contributed by atoms with van der Waals surface area (Å²) in [5, 5.41) is 7.67. The lowest BCUT2D eigenvalue weighted by Gasteiger charge is -2.06. The number of nitrogens with two attached hydrogens (primary N) is 1. The Morgan fingerprint density at radius 3 is 2.42 bits per heavy atom. The average molecular weight is 368 g/mol. The molecule has 0 saturated carbocycles. The first-order valence-corrected chi connectivity index (χ1v) is 9.80. The fourth-order valence-corrected chi connectivity index (χ4v) is 3.36. The van der Waals surface area contributed by atoms with Gasteiger partial charge < -0.3 is 5.32 Å². The standard InChI is InChI=1S/C16H17FN2O3S2/c17-15-4-2-1-3-12(15)11-23-10-9-16(20)19-13-5-7-14(8-6-13)24(18,21)22/h1-8H,9-11H2,(H,19,20)(H2,18,21,22). The highest BCUT2D eigenvalue weighted by molar-refractivity contribution is 7.98. The van der Waals surface area contributed by atoms with E-state index in [0.717, 1.165) is 0 Å². The van der Waals surface area contributed by atoms with Crippen LogP contribution in [-0.4, -0.2) is 20.1 Å². The van der Waals surface area contributed by atoms with Crippen LogP contribution in [0, 0.1) is 5.82 Å². The van der Waals surface area contributed by atoms with Crippen molar-refractivity contribution in [1.82, 2.24) is 0 Å². The van der Waals surface area contributed by atoms with Crippen molar-refractivity contribution in [1.29, 1.82) is 0 Å². The zero-order valence-corrected chi connectivity index (χ0v) is 14.4. The lowest BCUT2D eigenvalue weighted by molar-refractivity contribution is -0.115. The van der Waals surface area contributed by atoms with Gasteiger partial charge in [-0.25, -0.2) is 17.9 Å². The number of hydrogen-bond acceptors (Lipinski definition) is 4. The molecule has 0 saturated heterocycles. The van der Waals surface area contributed by atoms with Crippen LogP contribution in [0.1, 0.15) is 12.0 Å². The zero-order valence-electron chi connectivity index (χ0n) is 12.7. The highest BCUT2D eigenvalue weighted by atomic mass is 32.2. The molecule has 0 aliphatic rings. The van der Waals surface area contributed by atoms with Crippen molar-refractivity contribution >= 4 is 33.4 Å². The van der Waals surface area contributed by atoms with Gasteiger partial charge in [-0.2, -0.15) is 11.8 Å². The predicted molar refractivity (Wildman–Crippen MR) is 93.6 cm³/mol. The van der Waals surface area contributed by atoms with E-state index in [1.807, 2.05) is 0 Å². The molecule has 3 N–H and O–H groups in total. The van der Waals surface area contributed by atoms with Gasteiger partial charge in [0.2, 0.25) is 15.9 Å². The third kappa shape index (κ3) is 5.63. The third-order valence-electron chi connectivity index (χ3n) is 3.16. The summed E-state index contributed by atoms with van der Waals surface area (Å²) in [5.74, 6) is 0.613. The van der Waals surface area contributed by atoms with Gasteiger partial charge in [-0.3, -0.25) is 4.79 Å². The number of halogens is 1. The first-order chi connectivity index (χ1) is 11.4. The van der Waals surface area contributed by atoms with Crippen LogP contribution in [-0.2, 0) is 20.6 Å². The second-order valence-corrected chi connectivity index (χ2v) is 7.68. The summed E-state index contributed by atoms with van der Waals surface area (Å²) in [6.45, 7) is 0. The fraction of sp³-hybridized carbons (Fsp3) is 0.188. The minimum Gasteiger partial charge on any atom is -0.326 e. The van der Waals surface area contributed by atoms with Crippen molar-refractivity contribution in [2.75, 3.05) is 11.1 Å². The van der Waals surface area contributed by atoms with Crippen LogP contribution in [0.25, 0.3) is 0 Å². The van der Waals surface area contributed by atoms with Gasteiger partial charge in [0, 0.05) is 23.6 Å². The van der Waals surface area contributed by atoms with E-state index in [1.165, 1.54) is 42.1 Å². The Bertz CT molecular complexity index is 808. The van der Waals surface area contributed by atoms with Gasteiger partial charge >= 0.3 is 0 Å². The van der Waals surface area contributed by atoms with Crippen LogP contribution in [0.2, 0.25) is 0 Å². The molecule has 0 unspecified atom stereocenters. The Morgan fingerprint density at radius 2 is 1.79 bits per heavy atom. The lowest BCUT2D eigenvalue weighted by Crippen LogP contribution is -2.14. The minimum absolute atomic E-state index is 0.0130. The number of sulfonamides is 1. The van der Waals surface area contributed by atoms with Crippen LogP contribution in [0.5, 0.6) is 0 Å². The van der Waals surface area contributed by atoms with E-state index in [4.69, 9.17) is 5.14 Å². The Kier molecular flexibility index (Phi) is 6.36. The fourth-order valence-electron chi connectivity index (χ4n) is 1.91. The van der Waals surface area contributed by atoms with Crippen LogP contribution >= 0.6 is 11.8 Å². The number of thioether (sulfide) groups is 1. The number of amides is 1. The SMILES string of the molecule is NS(=O)(=O)c1ccc(NC(=O)CCSCc2ccccc2F)cc1. The Labute approximate surface area is 144 Å². The maximum absolute atomic E-state index is 13.4. The molecule has 5 nitrogen and oxygen atoms in total. The zero-order chi connectivity index (χ0) is 17.6. The van der Waals surface area contributed by atoms with Crippen LogP contribution in [0.15, 0.2) is 53.4 Å². The number of primary sulfonamides is 1. The van der Waals surface area contributed by atoms with E-state index < -0.39 is 10.0 Å². The van der Waals surface area contributed by atoms with Gasteiger partial charge in [0.05, 0.1) is 4.90 Å². The van der Waals surface area contributed by atoms with Crippen LogP contribution < -0.4 is 10.5 Å². The smallest absolute Gasteiger partial charge is 0.238 e. The molecule has 0 spiro atoms. The van der Waals surface area contributed by atoms with Crippen molar-refractivity contribution in [2.24, 2.45) is 5.14 Å². The maximum Gasteiger partial charge on any atom is 0.238 e. The van der Waals surface area contributed by atoms with Crippen molar-refractivity contribution in [3.05, 3.63) is 59.9 Å². The predicted octanol–water partition coefficient (Wildman–Crippen LogP) is 2.74. The van der Waals surface area contributed by atoms with Gasteiger partial charge in [-0.15, -0.1) is 0 Å². The van der Waals surface area contributed by atoms with Crippen LogP contribution in [0.4, 0.5) is 10.1 Å². The molecule has 0 heterocycles. The quantitative estimate of drug-likeness (QED) is 0.736. The topological polar surface area (TPSA) is 89.3 Å². The largest absolute Gasteiger partial charge is 0.326 e. The number of anilines is 1. The number of carbonyl (C=O) groups is 1. The van der Waals surface area contributed by atoms with E-state index in [2.05, 4.69) is 5.32 Å².